The molecule has 0 saturated heterocycles. The van der Waals surface area contributed by atoms with E-state index in [1.807, 2.05) is 18.2 Å². The maximum atomic E-state index is 11.9. The van der Waals surface area contributed by atoms with E-state index in [-0.39, 0.29) is 6.03 Å². The molecule has 1 heterocycles. The molecule has 0 atom stereocenters. The average molecular weight is 316 g/mol. The molecule has 1 aromatic heterocycles. The molecule has 2 N–H and O–H groups in total. The van der Waals surface area contributed by atoms with Gasteiger partial charge in [-0.25, -0.2) is 4.79 Å². The van der Waals surface area contributed by atoms with Gasteiger partial charge in [0, 0.05) is 19.2 Å². The Kier molecular flexibility index (Phi) is 6.17. The van der Waals surface area contributed by atoms with Gasteiger partial charge in [-0.2, -0.15) is 0 Å². The zero-order valence-corrected chi connectivity index (χ0v) is 13.9. The van der Waals surface area contributed by atoms with Crippen molar-refractivity contribution < 1.29 is 9.32 Å². The molecule has 2 aromatic rings. The molecule has 0 saturated carbocycles. The maximum absolute atomic E-state index is 11.9. The highest BCUT2D eigenvalue weighted by atomic mass is 16.5. The first kappa shape index (κ1) is 17.0. The third kappa shape index (κ3) is 5.10. The quantitative estimate of drug-likeness (QED) is 0.823. The Balaban J connectivity index is 1.93. The molecule has 0 aliphatic carbocycles. The summed E-state index contributed by atoms with van der Waals surface area (Å²) >= 11 is 0. The first-order chi connectivity index (χ1) is 11.1. The van der Waals surface area contributed by atoms with Crippen LogP contribution in [0.5, 0.6) is 0 Å². The van der Waals surface area contributed by atoms with E-state index in [1.54, 1.807) is 13.0 Å². The summed E-state index contributed by atoms with van der Waals surface area (Å²) in [6.45, 7) is 9.44. The average Bonchev–Trinajstić information content (AvgIpc) is 2.96. The second-order valence-electron chi connectivity index (χ2n) is 5.36. The molecular weight excluding hydrogens is 292 g/mol. The van der Waals surface area contributed by atoms with Gasteiger partial charge in [0.2, 0.25) is 0 Å². The SMILES string of the molecule is CCN(CC)Cc1ccccc1CNC(=O)Nc1cc(C)on1. The van der Waals surface area contributed by atoms with Crippen molar-refractivity contribution in [2.75, 3.05) is 18.4 Å². The Bertz CT molecular complexity index is 635. The molecule has 124 valence electrons. The minimum atomic E-state index is -0.295. The van der Waals surface area contributed by atoms with Crippen LogP contribution in [0.2, 0.25) is 0 Å². The minimum Gasteiger partial charge on any atom is -0.360 e. The summed E-state index contributed by atoms with van der Waals surface area (Å²) in [5, 5.41) is 9.24. The van der Waals surface area contributed by atoms with Crippen molar-refractivity contribution in [3.8, 4) is 0 Å². The van der Waals surface area contributed by atoms with Crippen molar-refractivity contribution in [1.82, 2.24) is 15.4 Å². The zero-order chi connectivity index (χ0) is 16.7. The standard InChI is InChI=1S/C17H24N4O2/c1-4-21(5-2)12-15-9-7-6-8-14(15)11-18-17(22)19-16-10-13(3)23-20-16/h6-10H,4-5,11-12H2,1-3H3,(H2,18,19,20,22). The van der Waals surface area contributed by atoms with E-state index >= 15 is 0 Å². The van der Waals surface area contributed by atoms with Crippen LogP contribution in [0.25, 0.3) is 0 Å². The second-order valence-corrected chi connectivity index (χ2v) is 5.36. The Morgan fingerprint density at radius 3 is 2.52 bits per heavy atom. The number of rotatable bonds is 7. The van der Waals surface area contributed by atoms with Gasteiger partial charge < -0.3 is 9.84 Å². The van der Waals surface area contributed by atoms with Gasteiger partial charge >= 0.3 is 6.03 Å². The number of nitrogens with one attached hydrogen (secondary N) is 2. The molecule has 0 fully saturated rings. The Hall–Kier alpha value is -2.34. The van der Waals surface area contributed by atoms with Crippen molar-refractivity contribution in [1.29, 1.82) is 0 Å². The van der Waals surface area contributed by atoms with Crippen LogP contribution < -0.4 is 10.6 Å². The van der Waals surface area contributed by atoms with E-state index in [9.17, 15) is 4.79 Å². The van der Waals surface area contributed by atoms with Crippen molar-refractivity contribution in [2.45, 2.75) is 33.9 Å². The van der Waals surface area contributed by atoms with Gasteiger partial charge in [0.05, 0.1) is 0 Å². The van der Waals surface area contributed by atoms with E-state index in [2.05, 4.69) is 40.6 Å². The Labute approximate surface area is 136 Å². The fourth-order valence-corrected chi connectivity index (χ4v) is 2.33. The number of aromatic nitrogens is 1. The number of benzene rings is 1. The van der Waals surface area contributed by atoms with Crippen molar-refractivity contribution in [3.05, 3.63) is 47.2 Å². The third-order valence-electron chi connectivity index (χ3n) is 3.72. The molecular formula is C17H24N4O2. The molecule has 2 amide bonds. The van der Waals surface area contributed by atoms with Crippen molar-refractivity contribution >= 4 is 11.8 Å². The highest BCUT2D eigenvalue weighted by molar-refractivity contribution is 5.88. The smallest absolute Gasteiger partial charge is 0.320 e. The highest BCUT2D eigenvalue weighted by Crippen LogP contribution is 2.12. The molecule has 2 rings (SSSR count). The lowest BCUT2D eigenvalue weighted by Gasteiger charge is -2.20. The minimum absolute atomic E-state index is 0.295. The number of nitrogens with zero attached hydrogens (tertiary/aromatic N) is 2. The van der Waals surface area contributed by atoms with Crippen LogP contribution in [0.1, 0.15) is 30.7 Å². The highest BCUT2D eigenvalue weighted by Gasteiger charge is 2.09. The first-order valence-corrected chi connectivity index (χ1v) is 7.89. The van der Waals surface area contributed by atoms with Gasteiger partial charge in [0.25, 0.3) is 0 Å². The van der Waals surface area contributed by atoms with Gasteiger partial charge in [-0.1, -0.05) is 43.3 Å². The van der Waals surface area contributed by atoms with E-state index in [1.165, 1.54) is 5.56 Å². The Morgan fingerprint density at radius 2 is 1.91 bits per heavy atom. The second kappa shape index (κ2) is 8.33. The molecule has 23 heavy (non-hydrogen) atoms. The summed E-state index contributed by atoms with van der Waals surface area (Å²) in [6, 6.07) is 9.54. The van der Waals surface area contributed by atoms with Crippen LogP contribution in [0.3, 0.4) is 0 Å². The summed E-state index contributed by atoms with van der Waals surface area (Å²) in [5.74, 6) is 1.07. The summed E-state index contributed by atoms with van der Waals surface area (Å²) in [7, 11) is 0. The number of amides is 2. The van der Waals surface area contributed by atoms with E-state index < -0.39 is 0 Å². The van der Waals surface area contributed by atoms with Crippen LogP contribution in [0, 0.1) is 6.92 Å². The number of urea groups is 1. The molecule has 0 unspecified atom stereocenters. The number of hydrogen-bond acceptors (Lipinski definition) is 4. The number of hydrogen-bond donors (Lipinski definition) is 2. The van der Waals surface area contributed by atoms with Crippen LogP contribution >= 0.6 is 0 Å². The molecule has 0 aliphatic heterocycles. The summed E-state index contributed by atoms with van der Waals surface area (Å²) in [4.78, 5) is 14.3. The topological polar surface area (TPSA) is 70.4 Å². The monoisotopic (exact) mass is 316 g/mol. The number of carbonyl (C=O) groups excluding carboxylic acids is 1. The van der Waals surface area contributed by atoms with E-state index in [0.717, 1.165) is 25.2 Å². The fourth-order valence-electron chi connectivity index (χ4n) is 2.33. The van der Waals surface area contributed by atoms with Crippen LogP contribution in [-0.4, -0.2) is 29.2 Å². The molecule has 0 radical (unpaired) electrons. The lowest BCUT2D eigenvalue weighted by Crippen LogP contribution is -2.29. The zero-order valence-electron chi connectivity index (χ0n) is 13.9. The van der Waals surface area contributed by atoms with Gasteiger partial charge in [-0.05, 0) is 31.1 Å². The normalized spacial score (nSPS) is 10.8. The van der Waals surface area contributed by atoms with Gasteiger partial charge in [-0.3, -0.25) is 10.2 Å². The van der Waals surface area contributed by atoms with E-state index in [4.69, 9.17) is 4.52 Å². The third-order valence-corrected chi connectivity index (χ3v) is 3.72. The van der Waals surface area contributed by atoms with Crippen molar-refractivity contribution in [2.24, 2.45) is 0 Å². The molecule has 0 spiro atoms. The number of anilines is 1. The number of carbonyl (C=O) groups is 1. The number of aryl methyl sites for hydroxylation is 1. The fraction of sp³-hybridized carbons (Fsp3) is 0.412. The lowest BCUT2D eigenvalue weighted by molar-refractivity contribution is 0.251. The lowest BCUT2D eigenvalue weighted by atomic mass is 10.1. The molecule has 6 heteroatoms. The predicted octanol–water partition coefficient (Wildman–Crippen LogP) is 3.15. The van der Waals surface area contributed by atoms with Crippen LogP contribution in [0.4, 0.5) is 10.6 Å². The summed E-state index contributed by atoms with van der Waals surface area (Å²) in [5.41, 5.74) is 2.35. The largest absolute Gasteiger partial charge is 0.360 e. The van der Waals surface area contributed by atoms with Crippen LogP contribution in [-0.2, 0) is 13.1 Å². The summed E-state index contributed by atoms with van der Waals surface area (Å²) < 4.78 is 4.92. The summed E-state index contributed by atoms with van der Waals surface area (Å²) in [6.07, 6.45) is 0. The predicted molar refractivity (Wildman–Crippen MR) is 90.2 cm³/mol. The molecule has 0 bridgehead atoms. The molecule has 0 aliphatic rings. The van der Waals surface area contributed by atoms with Crippen molar-refractivity contribution in [3.63, 3.8) is 0 Å². The maximum Gasteiger partial charge on any atom is 0.320 e. The first-order valence-electron chi connectivity index (χ1n) is 7.89. The van der Waals surface area contributed by atoms with Gasteiger partial charge in [-0.15, -0.1) is 0 Å². The van der Waals surface area contributed by atoms with E-state index in [0.29, 0.717) is 18.1 Å². The van der Waals surface area contributed by atoms with Gasteiger partial charge in [0.15, 0.2) is 5.82 Å². The molecule has 1 aromatic carbocycles. The Morgan fingerprint density at radius 1 is 1.22 bits per heavy atom. The van der Waals surface area contributed by atoms with Crippen LogP contribution in [0.15, 0.2) is 34.9 Å². The van der Waals surface area contributed by atoms with Gasteiger partial charge in [0.1, 0.15) is 5.76 Å². The molecule has 6 nitrogen and oxygen atoms in total.